The van der Waals surface area contributed by atoms with Crippen molar-refractivity contribution in [1.82, 2.24) is 14.6 Å². The summed E-state index contributed by atoms with van der Waals surface area (Å²) in [6.07, 6.45) is -0.843. The molecule has 1 amide bonds. The zero-order chi connectivity index (χ0) is 29.7. The molecule has 2 atom stereocenters. The van der Waals surface area contributed by atoms with E-state index in [1.807, 2.05) is 57.2 Å². The molecular formula is C30H35BrN4O4S2. The molecule has 0 radical (unpaired) electrons. The molecule has 0 unspecified atom stereocenters. The van der Waals surface area contributed by atoms with Crippen molar-refractivity contribution in [1.29, 1.82) is 0 Å². The molecule has 0 saturated carbocycles. The number of anilines is 1. The van der Waals surface area contributed by atoms with E-state index in [0.717, 1.165) is 20.3 Å². The molecule has 1 aromatic heterocycles. The number of nitrogens with one attached hydrogen (secondary N) is 2. The maximum atomic E-state index is 13.9. The molecule has 0 aliphatic carbocycles. The second kappa shape index (κ2) is 13.4. The van der Waals surface area contributed by atoms with Crippen LogP contribution in [0.3, 0.4) is 0 Å². The van der Waals surface area contributed by atoms with Gasteiger partial charge in [-0.25, -0.2) is 13.4 Å². The molecule has 11 heteroatoms. The monoisotopic (exact) mass is 658 g/mol. The zero-order valence-electron chi connectivity index (χ0n) is 23.5. The highest BCUT2D eigenvalue weighted by Crippen LogP contribution is 2.29. The second-order valence-corrected chi connectivity index (χ2v) is 14.3. The van der Waals surface area contributed by atoms with Crippen LogP contribution < -0.4 is 10.6 Å². The molecule has 1 heterocycles. The third-order valence-corrected chi connectivity index (χ3v) is 10.0. The van der Waals surface area contributed by atoms with E-state index in [-0.39, 0.29) is 29.8 Å². The number of aliphatic hydroxyl groups excluding tert-OH is 1. The van der Waals surface area contributed by atoms with Crippen LogP contribution in [-0.4, -0.2) is 61.0 Å². The number of thiazole rings is 1. The van der Waals surface area contributed by atoms with Gasteiger partial charge in [-0.1, -0.05) is 71.4 Å². The van der Waals surface area contributed by atoms with Crippen molar-refractivity contribution in [3.8, 4) is 0 Å². The van der Waals surface area contributed by atoms with Crippen molar-refractivity contribution in [2.45, 2.75) is 44.2 Å². The lowest BCUT2D eigenvalue weighted by molar-refractivity contribution is 0.0775. The summed E-state index contributed by atoms with van der Waals surface area (Å²) in [5.41, 5.74) is 2.90. The Bertz CT molecular complexity index is 1610. The number of carbonyl (C=O) groups excluding carboxylic acids is 1. The number of hydrogen-bond donors (Lipinski definition) is 3. The number of aliphatic hydroxyl groups is 1. The molecule has 0 aliphatic rings. The predicted molar refractivity (Wildman–Crippen MR) is 169 cm³/mol. The van der Waals surface area contributed by atoms with Gasteiger partial charge in [-0.15, -0.1) is 0 Å². The molecular weight excluding hydrogens is 624 g/mol. The first-order valence-electron chi connectivity index (χ1n) is 13.4. The topological polar surface area (TPSA) is 112 Å². The van der Waals surface area contributed by atoms with E-state index in [1.165, 1.54) is 15.6 Å². The fourth-order valence-corrected chi connectivity index (χ4v) is 7.67. The van der Waals surface area contributed by atoms with Crippen molar-refractivity contribution in [2.24, 2.45) is 5.92 Å². The summed E-state index contributed by atoms with van der Waals surface area (Å²) in [5.74, 6) is -0.322. The summed E-state index contributed by atoms with van der Waals surface area (Å²) in [5, 5.41) is 18.2. The minimum atomic E-state index is -3.96. The molecule has 0 spiro atoms. The average molecular weight is 660 g/mol. The predicted octanol–water partition coefficient (Wildman–Crippen LogP) is 5.46. The van der Waals surface area contributed by atoms with Gasteiger partial charge in [0.05, 0.1) is 27.3 Å². The molecule has 41 heavy (non-hydrogen) atoms. The van der Waals surface area contributed by atoms with Crippen molar-refractivity contribution >= 4 is 58.5 Å². The first kappa shape index (κ1) is 31.1. The number of sulfonamides is 1. The smallest absolute Gasteiger partial charge is 0.251 e. The van der Waals surface area contributed by atoms with Crippen molar-refractivity contribution < 1.29 is 18.3 Å². The minimum Gasteiger partial charge on any atom is -0.390 e. The molecule has 8 nitrogen and oxygen atoms in total. The molecule has 3 N–H and O–H groups in total. The lowest BCUT2D eigenvalue weighted by atomic mass is 9.99. The zero-order valence-corrected chi connectivity index (χ0v) is 26.7. The maximum absolute atomic E-state index is 13.9. The number of carbonyl (C=O) groups is 1. The number of hydrogen-bond acceptors (Lipinski definition) is 7. The molecule has 0 aliphatic heterocycles. The Labute approximate surface area is 254 Å². The Morgan fingerprint density at radius 3 is 2.46 bits per heavy atom. The number of amides is 1. The normalized spacial score (nSPS) is 13.5. The third-order valence-electron chi connectivity index (χ3n) is 6.68. The molecule has 3 aromatic carbocycles. The van der Waals surface area contributed by atoms with E-state index in [4.69, 9.17) is 0 Å². The van der Waals surface area contributed by atoms with Gasteiger partial charge < -0.3 is 15.7 Å². The lowest BCUT2D eigenvalue weighted by Crippen LogP contribution is -2.51. The van der Waals surface area contributed by atoms with E-state index in [2.05, 4.69) is 31.5 Å². The number of rotatable bonds is 12. The fourth-order valence-electron chi connectivity index (χ4n) is 4.61. The van der Waals surface area contributed by atoms with Crippen molar-refractivity contribution in [2.75, 3.05) is 25.5 Å². The Hall–Kier alpha value is -2.83. The minimum absolute atomic E-state index is 0.00702. The number of aromatic nitrogens is 1. The van der Waals surface area contributed by atoms with Crippen LogP contribution in [0.4, 0.5) is 5.13 Å². The first-order valence-corrected chi connectivity index (χ1v) is 16.4. The number of benzene rings is 3. The van der Waals surface area contributed by atoms with Gasteiger partial charge in [0.15, 0.2) is 5.13 Å². The molecule has 4 aromatic rings. The van der Waals surface area contributed by atoms with E-state index in [0.29, 0.717) is 22.6 Å². The summed E-state index contributed by atoms with van der Waals surface area (Å²) in [6, 6.07) is 19.0. The van der Waals surface area contributed by atoms with Crippen LogP contribution in [0.2, 0.25) is 0 Å². The van der Waals surface area contributed by atoms with Gasteiger partial charge in [-0.3, -0.25) is 4.79 Å². The third kappa shape index (κ3) is 7.72. The summed E-state index contributed by atoms with van der Waals surface area (Å²) in [6.45, 7) is 5.73. The van der Waals surface area contributed by atoms with E-state index >= 15 is 0 Å². The molecule has 0 saturated heterocycles. The van der Waals surface area contributed by atoms with Crippen LogP contribution in [0.1, 0.15) is 35.3 Å². The Morgan fingerprint density at radius 1 is 1.07 bits per heavy atom. The number of nitrogens with zero attached hydrogens (tertiary/aromatic N) is 2. The van der Waals surface area contributed by atoms with Gasteiger partial charge in [0.25, 0.3) is 5.91 Å². The van der Waals surface area contributed by atoms with Gasteiger partial charge in [-0.05, 0) is 66.8 Å². The number of fused-ring (bicyclic) bond motifs is 1. The van der Waals surface area contributed by atoms with E-state index in [9.17, 15) is 18.3 Å². The van der Waals surface area contributed by atoms with Crippen LogP contribution in [-0.2, 0) is 16.4 Å². The molecule has 218 valence electrons. The van der Waals surface area contributed by atoms with Crippen molar-refractivity contribution in [3.63, 3.8) is 0 Å². The van der Waals surface area contributed by atoms with Gasteiger partial charge in [0.2, 0.25) is 10.0 Å². The van der Waals surface area contributed by atoms with Crippen molar-refractivity contribution in [3.05, 3.63) is 87.9 Å². The Morgan fingerprint density at radius 2 is 1.80 bits per heavy atom. The largest absolute Gasteiger partial charge is 0.390 e. The highest BCUT2D eigenvalue weighted by Gasteiger charge is 2.32. The van der Waals surface area contributed by atoms with E-state index < -0.39 is 22.2 Å². The van der Waals surface area contributed by atoms with Crippen LogP contribution >= 0.6 is 27.3 Å². The van der Waals surface area contributed by atoms with Crippen LogP contribution in [0.5, 0.6) is 0 Å². The maximum Gasteiger partial charge on any atom is 0.251 e. The fraction of sp³-hybridized carbons (Fsp3) is 0.333. The first-order chi connectivity index (χ1) is 19.5. The van der Waals surface area contributed by atoms with Gasteiger partial charge in [0, 0.05) is 30.2 Å². The molecule has 0 fully saturated rings. The average Bonchev–Trinajstić information content (AvgIpc) is 3.35. The Kier molecular flexibility index (Phi) is 10.2. The summed E-state index contributed by atoms with van der Waals surface area (Å²) < 4.78 is 30.8. The van der Waals surface area contributed by atoms with Gasteiger partial charge >= 0.3 is 0 Å². The SMILES string of the molecule is CNc1nc2ccc(S(=O)(=O)N(CC(C)C)C[C@@H](O)[C@H](Cc3ccccc3)NC(=O)c3ccc(Br)cc3C)cc2s1. The van der Waals surface area contributed by atoms with Crippen LogP contribution in [0.15, 0.2) is 76.1 Å². The summed E-state index contributed by atoms with van der Waals surface area (Å²) in [7, 11) is -2.20. The lowest BCUT2D eigenvalue weighted by Gasteiger charge is -2.31. The summed E-state index contributed by atoms with van der Waals surface area (Å²) in [4.78, 5) is 17.9. The van der Waals surface area contributed by atoms with Crippen LogP contribution in [0.25, 0.3) is 10.2 Å². The summed E-state index contributed by atoms with van der Waals surface area (Å²) >= 11 is 4.80. The standard InChI is InChI=1S/C30H35BrN4O4S2/c1-19(2)17-35(41(38,39)23-11-13-25-28(16-23)40-30(32-4)34-25)18-27(36)26(15-21-8-6-5-7-9-21)33-29(37)24-12-10-22(31)14-20(24)3/h5-14,16,19,26-27,36H,15,17-18H2,1-4H3,(H,32,34)(H,33,37)/t26-,27+/m0/s1. The van der Waals surface area contributed by atoms with E-state index in [1.54, 1.807) is 37.4 Å². The highest BCUT2D eigenvalue weighted by molar-refractivity contribution is 9.10. The highest BCUT2D eigenvalue weighted by atomic mass is 79.9. The number of halogens is 1. The molecule has 0 bridgehead atoms. The van der Waals surface area contributed by atoms with Crippen LogP contribution in [0, 0.1) is 12.8 Å². The van der Waals surface area contributed by atoms with Gasteiger partial charge in [0.1, 0.15) is 0 Å². The molecule has 4 rings (SSSR count). The van der Waals surface area contributed by atoms with Gasteiger partial charge in [-0.2, -0.15) is 4.31 Å². The second-order valence-electron chi connectivity index (χ2n) is 10.4. The number of aryl methyl sites for hydroxylation is 1. The Balaban J connectivity index is 1.63. The quantitative estimate of drug-likeness (QED) is 0.186.